The normalized spacial score (nSPS) is 34.9. The van der Waals surface area contributed by atoms with Crippen LogP contribution in [0.25, 0.3) is 0 Å². The van der Waals surface area contributed by atoms with Gasteiger partial charge >= 0.3 is 5.97 Å². The van der Waals surface area contributed by atoms with Crippen molar-refractivity contribution >= 4 is 5.97 Å². The van der Waals surface area contributed by atoms with Crippen molar-refractivity contribution in [1.29, 1.82) is 0 Å². The third kappa shape index (κ3) is 2.75. The predicted molar refractivity (Wildman–Crippen MR) is 84.9 cm³/mol. The van der Waals surface area contributed by atoms with Crippen molar-refractivity contribution in [3.05, 3.63) is 0 Å². The van der Waals surface area contributed by atoms with Gasteiger partial charge in [0.25, 0.3) is 0 Å². The first kappa shape index (κ1) is 15.4. The quantitative estimate of drug-likeness (QED) is 0.673. The Morgan fingerprint density at radius 3 is 2.38 bits per heavy atom. The molecule has 3 aliphatic rings. The molecule has 3 fully saturated rings. The smallest absolute Gasteiger partial charge is 0.312 e. The summed E-state index contributed by atoms with van der Waals surface area (Å²) in [5, 5.41) is 0. The first-order chi connectivity index (χ1) is 9.97. The number of hydrogen-bond acceptors (Lipinski definition) is 2. The van der Waals surface area contributed by atoms with Gasteiger partial charge in [0.2, 0.25) is 0 Å². The Balaban J connectivity index is 1.79. The second kappa shape index (κ2) is 5.59. The van der Waals surface area contributed by atoms with Crippen molar-refractivity contribution in [3.8, 4) is 0 Å². The molecule has 21 heavy (non-hydrogen) atoms. The van der Waals surface area contributed by atoms with Crippen LogP contribution in [-0.2, 0) is 9.53 Å². The highest BCUT2D eigenvalue weighted by atomic mass is 16.6. The zero-order chi connectivity index (χ0) is 15.1. The van der Waals surface area contributed by atoms with Crippen LogP contribution in [0.4, 0.5) is 0 Å². The van der Waals surface area contributed by atoms with Crippen LogP contribution < -0.4 is 0 Å². The van der Waals surface area contributed by atoms with Crippen LogP contribution in [0.15, 0.2) is 0 Å². The lowest BCUT2D eigenvalue weighted by Crippen LogP contribution is -2.48. The fourth-order valence-electron chi connectivity index (χ4n) is 5.05. The van der Waals surface area contributed by atoms with Crippen LogP contribution in [0.1, 0.15) is 85.0 Å². The molecule has 2 bridgehead atoms. The number of hydrogen-bond donors (Lipinski definition) is 0. The van der Waals surface area contributed by atoms with Crippen molar-refractivity contribution in [2.24, 2.45) is 23.2 Å². The highest BCUT2D eigenvalue weighted by Gasteiger charge is 2.53. The SMILES string of the molecule is CCC(C)(C)C(=O)OC1(C2CC3CCC2C3)CCCCC1. The molecule has 0 aromatic heterocycles. The maximum Gasteiger partial charge on any atom is 0.312 e. The lowest BCUT2D eigenvalue weighted by molar-refractivity contribution is -0.185. The first-order valence-electron chi connectivity index (χ1n) is 9.20. The summed E-state index contributed by atoms with van der Waals surface area (Å²) in [6.07, 6.45) is 12.4. The van der Waals surface area contributed by atoms with E-state index >= 15 is 0 Å². The summed E-state index contributed by atoms with van der Waals surface area (Å²) >= 11 is 0. The minimum absolute atomic E-state index is 0.0506. The molecule has 3 atom stereocenters. The Morgan fingerprint density at radius 2 is 1.86 bits per heavy atom. The van der Waals surface area contributed by atoms with Gasteiger partial charge in [0, 0.05) is 5.92 Å². The van der Waals surface area contributed by atoms with Gasteiger partial charge < -0.3 is 4.74 Å². The van der Waals surface area contributed by atoms with Gasteiger partial charge in [0.15, 0.2) is 0 Å². The molecular formula is C19H32O2. The number of carbonyl (C=O) groups is 1. The molecule has 0 radical (unpaired) electrons. The molecule has 3 unspecified atom stereocenters. The van der Waals surface area contributed by atoms with Gasteiger partial charge in [-0.25, -0.2) is 0 Å². The van der Waals surface area contributed by atoms with E-state index in [1.807, 2.05) is 13.8 Å². The highest BCUT2D eigenvalue weighted by molar-refractivity contribution is 5.76. The van der Waals surface area contributed by atoms with Crippen LogP contribution in [-0.4, -0.2) is 11.6 Å². The second-order valence-corrected chi connectivity index (χ2v) is 8.53. The zero-order valence-electron chi connectivity index (χ0n) is 14.1. The molecule has 0 aromatic rings. The summed E-state index contributed by atoms with van der Waals surface area (Å²) in [7, 11) is 0. The second-order valence-electron chi connectivity index (χ2n) is 8.53. The van der Waals surface area contributed by atoms with E-state index in [0.29, 0.717) is 5.92 Å². The lowest BCUT2D eigenvalue weighted by Gasteiger charge is -2.46. The maximum absolute atomic E-state index is 12.7. The summed E-state index contributed by atoms with van der Waals surface area (Å²) in [6, 6.07) is 0. The summed E-state index contributed by atoms with van der Waals surface area (Å²) in [5.41, 5.74) is -0.441. The van der Waals surface area contributed by atoms with Gasteiger partial charge in [-0.05, 0) is 77.0 Å². The molecule has 3 aliphatic carbocycles. The Kier molecular flexibility index (Phi) is 4.09. The van der Waals surface area contributed by atoms with E-state index in [2.05, 4.69) is 6.92 Å². The molecule has 0 amide bonds. The monoisotopic (exact) mass is 292 g/mol. The Bertz CT molecular complexity index is 392. The molecule has 120 valence electrons. The Morgan fingerprint density at radius 1 is 1.14 bits per heavy atom. The van der Waals surface area contributed by atoms with Crippen molar-refractivity contribution in [1.82, 2.24) is 0 Å². The van der Waals surface area contributed by atoms with E-state index in [4.69, 9.17) is 4.74 Å². The van der Waals surface area contributed by atoms with Gasteiger partial charge in [-0.15, -0.1) is 0 Å². The number of carbonyl (C=O) groups excluding carboxylic acids is 1. The number of esters is 1. The third-order valence-electron chi connectivity index (χ3n) is 6.85. The summed E-state index contributed by atoms with van der Waals surface area (Å²) in [4.78, 5) is 12.7. The third-order valence-corrected chi connectivity index (χ3v) is 6.85. The van der Waals surface area contributed by atoms with Crippen LogP contribution in [0.3, 0.4) is 0 Å². The lowest BCUT2D eigenvalue weighted by atomic mass is 9.69. The number of rotatable bonds is 4. The molecule has 3 saturated carbocycles. The van der Waals surface area contributed by atoms with Crippen LogP contribution in [0, 0.1) is 23.2 Å². The minimum atomic E-state index is -0.331. The molecule has 0 saturated heterocycles. The molecule has 3 rings (SSSR count). The average Bonchev–Trinajstić information content (AvgIpc) is 3.11. The molecule has 0 N–H and O–H groups in total. The van der Waals surface area contributed by atoms with E-state index in [0.717, 1.165) is 31.1 Å². The maximum atomic E-state index is 12.7. The Labute approximate surface area is 130 Å². The van der Waals surface area contributed by atoms with Gasteiger partial charge in [-0.3, -0.25) is 4.79 Å². The molecule has 0 heterocycles. The molecule has 0 aliphatic heterocycles. The zero-order valence-corrected chi connectivity index (χ0v) is 14.1. The number of fused-ring (bicyclic) bond motifs is 2. The standard InChI is InChI=1S/C19H32O2/c1-4-18(2,3)17(20)21-19(10-6-5-7-11-19)16-13-14-8-9-15(16)12-14/h14-16H,4-13H2,1-3H3. The van der Waals surface area contributed by atoms with Crippen LogP contribution >= 0.6 is 0 Å². The molecule has 0 aromatic carbocycles. The van der Waals surface area contributed by atoms with Crippen LogP contribution in [0.5, 0.6) is 0 Å². The fraction of sp³-hybridized carbons (Fsp3) is 0.947. The topological polar surface area (TPSA) is 26.3 Å². The molecule has 2 heteroatoms. The predicted octanol–water partition coefficient (Wildman–Crippen LogP) is 5.10. The highest BCUT2D eigenvalue weighted by Crippen LogP contribution is 2.56. The minimum Gasteiger partial charge on any atom is -0.458 e. The van der Waals surface area contributed by atoms with E-state index in [9.17, 15) is 4.79 Å². The molecule has 2 nitrogen and oxygen atoms in total. The molecule has 0 spiro atoms. The van der Waals surface area contributed by atoms with Gasteiger partial charge in [0.05, 0.1) is 5.41 Å². The van der Waals surface area contributed by atoms with E-state index < -0.39 is 0 Å². The largest absolute Gasteiger partial charge is 0.458 e. The molecular weight excluding hydrogens is 260 g/mol. The van der Waals surface area contributed by atoms with E-state index in [-0.39, 0.29) is 17.0 Å². The van der Waals surface area contributed by atoms with Gasteiger partial charge in [-0.1, -0.05) is 19.8 Å². The summed E-state index contributed by atoms with van der Waals surface area (Å²) in [6.45, 7) is 6.16. The van der Waals surface area contributed by atoms with Crippen molar-refractivity contribution in [2.75, 3.05) is 0 Å². The van der Waals surface area contributed by atoms with Gasteiger partial charge in [0.1, 0.15) is 5.60 Å². The first-order valence-corrected chi connectivity index (χ1v) is 9.20. The van der Waals surface area contributed by atoms with Gasteiger partial charge in [-0.2, -0.15) is 0 Å². The van der Waals surface area contributed by atoms with Crippen molar-refractivity contribution in [3.63, 3.8) is 0 Å². The summed E-state index contributed by atoms with van der Waals surface area (Å²) in [5.74, 6) is 2.48. The van der Waals surface area contributed by atoms with E-state index in [1.54, 1.807) is 0 Å². The Hall–Kier alpha value is -0.530. The van der Waals surface area contributed by atoms with E-state index in [1.165, 1.54) is 44.9 Å². The fourth-order valence-corrected chi connectivity index (χ4v) is 5.05. The van der Waals surface area contributed by atoms with Crippen LogP contribution in [0.2, 0.25) is 0 Å². The van der Waals surface area contributed by atoms with Crippen molar-refractivity contribution < 1.29 is 9.53 Å². The van der Waals surface area contributed by atoms with Crippen molar-refractivity contribution in [2.45, 2.75) is 90.6 Å². The average molecular weight is 292 g/mol. The number of ether oxygens (including phenoxy) is 1. The summed E-state index contributed by atoms with van der Waals surface area (Å²) < 4.78 is 6.33.